The lowest BCUT2D eigenvalue weighted by Gasteiger charge is -2.20. The number of rotatable bonds is 7. The van der Waals surface area contributed by atoms with Crippen molar-refractivity contribution in [2.24, 2.45) is 0 Å². The van der Waals surface area contributed by atoms with Crippen LogP contribution < -0.4 is 11.4 Å². The Morgan fingerprint density at radius 1 is 0.535 bits per heavy atom. The van der Waals surface area contributed by atoms with Crippen LogP contribution in [-0.4, -0.2) is 25.1 Å². The molecule has 7 aromatic rings. The molecule has 0 spiro atoms. The maximum Gasteiger partial charge on any atom is 1.20 e. The van der Waals surface area contributed by atoms with Gasteiger partial charge in [0.2, 0.25) is 0 Å². The van der Waals surface area contributed by atoms with E-state index in [-0.39, 0.29) is 5.82 Å². The summed E-state index contributed by atoms with van der Waals surface area (Å²) in [6, 6.07) is 38.0. The van der Waals surface area contributed by atoms with Gasteiger partial charge in [0, 0.05) is 32.9 Å². The second-order valence-electron chi connectivity index (χ2n) is 10.3. The monoisotopic (exact) mass is 580 g/mol. The van der Waals surface area contributed by atoms with Crippen LogP contribution in [0.25, 0.3) is 43.7 Å². The van der Waals surface area contributed by atoms with Gasteiger partial charge in [-0.05, 0) is 61.4 Å². The van der Waals surface area contributed by atoms with E-state index in [2.05, 4.69) is 0 Å². The number of hydrogen-bond acceptors (Lipinski definition) is 5. The number of hydrogen-bond donors (Lipinski definition) is 0. The van der Waals surface area contributed by atoms with Crippen molar-refractivity contribution >= 4 is 47.7 Å². The number of benzene rings is 5. The van der Waals surface area contributed by atoms with Gasteiger partial charge in [-0.2, -0.15) is 0 Å². The Balaban J connectivity index is 1.35. The van der Waals surface area contributed by atoms with Gasteiger partial charge in [0.25, 0.3) is 0 Å². The summed E-state index contributed by atoms with van der Waals surface area (Å²) in [5.41, 5.74) is 4.87. The molecule has 0 amide bonds. The van der Waals surface area contributed by atoms with Gasteiger partial charge in [-0.3, -0.25) is 0 Å². The zero-order valence-corrected chi connectivity index (χ0v) is 24.8. The molecule has 0 unspecified atom stereocenters. The topological polar surface area (TPSA) is 53.5 Å². The molecule has 7 rings (SSSR count). The predicted molar refractivity (Wildman–Crippen MR) is 170 cm³/mol. The molecule has 0 bridgehead atoms. The van der Waals surface area contributed by atoms with E-state index in [1.165, 1.54) is 6.07 Å². The van der Waals surface area contributed by atoms with Crippen molar-refractivity contribution in [1.29, 1.82) is 0 Å². The molecule has 208 valence electrons. The van der Waals surface area contributed by atoms with Gasteiger partial charge in [0.05, 0.1) is 5.75 Å². The van der Waals surface area contributed by atoms with Gasteiger partial charge >= 0.3 is 15.1 Å². The normalized spacial score (nSPS) is 11.1. The Labute approximate surface area is 253 Å². The SMILES string of the molecule is Cc1ccc2cccc([O][Al]([O]c3ccc(F)c4c(-c5ccccc5)cccc34)[O]c3cccc4ccc(C)nc34)c2n1. The smallest absolute Gasteiger partial charge is 0.577 e. The van der Waals surface area contributed by atoms with Crippen LogP contribution in [0.1, 0.15) is 11.4 Å². The zero-order chi connectivity index (χ0) is 29.3. The minimum Gasteiger partial charge on any atom is -0.577 e. The Morgan fingerprint density at radius 3 is 1.74 bits per heavy atom. The Morgan fingerprint density at radius 2 is 1.12 bits per heavy atom. The third-order valence-electron chi connectivity index (χ3n) is 7.35. The summed E-state index contributed by atoms with van der Waals surface area (Å²) in [7, 11) is 0. The quantitative estimate of drug-likeness (QED) is 0.176. The molecule has 5 nitrogen and oxygen atoms in total. The fourth-order valence-electron chi connectivity index (χ4n) is 5.31. The van der Waals surface area contributed by atoms with Gasteiger partial charge in [-0.1, -0.05) is 84.9 Å². The third-order valence-corrected chi connectivity index (χ3v) is 8.69. The van der Waals surface area contributed by atoms with E-state index >= 15 is 4.39 Å². The van der Waals surface area contributed by atoms with Crippen LogP contribution in [0.2, 0.25) is 0 Å². The van der Waals surface area contributed by atoms with Crippen LogP contribution in [0.5, 0.6) is 17.2 Å². The molecule has 0 saturated carbocycles. The van der Waals surface area contributed by atoms with Crippen molar-refractivity contribution in [3.63, 3.8) is 0 Å². The van der Waals surface area contributed by atoms with Crippen molar-refractivity contribution in [3.05, 3.63) is 139 Å². The molecule has 0 N–H and O–H groups in total. The highest BCUT2D eigenvalue weighted by Gasteiger charge is 2.46. The highest BCUT2D eigenvalue weighted by molar-refractivity contribution is 6.40. The molecule has 0 atom stereocenters. The molecule has 0 aliphatic rings. The Kier molecular flexibility index (Phi) is 7.12. The van der Waals surface area contributed by atoms with E-state index in [1.54, 1.807) is 6.07 Å². The fourth-order valence-corrected chi connectivity index (χ4v) is 6.66. The minimum atomic E-state index is -3.08. The average molecular weight is 581 g/mol. The maximum atomic E-state index is 15.4. The molecule has 7 heteroatoms. The predicted octanol–water partition coefficient (Wildman–Crippen LogP) is 8.88. The highest BCUT2D eigenvalue weighted by atomic mass is 27.3. The zero-order valence-electron chi connectivity index (χ0n) is 23.6. The van der Waals surface area contributed by atoms with Crippen molar-refractivity contribution in [1.82, 2.24) is 9.97 Å². The van der Waals surface area contributed by atoms with Crippen LogP contribution in [0.15, 0.2) is 121 Å². The third kappa shape index (κ3) is 5.37. The molecule has 5 aromatic carbocycles. The largest absolute Gasteiger partial charge is 1.20 e. The van der Waals surface area contributed by atoms with Crippen LogP contribution in [-0.2, 0) is 0 Å². The summed E-state index contributed by atoms with van der Waals surface area (Å²) in [6.45, 7) is 3.88. The summed E-state index contributed by atoms with van der Waals surface area (Å²) in [5.74, 6) is 1.25. The standard InChI is InChI=1S/C16H11FO.2C10H9NO.Al/c17-14-9-10-15(18)13-8-4-7-12(16(13)14)11-5-2-1-3-6-11;2*1-7-5-6-8-3-2-4-9(12)10(8)11-7;/h1-10,18H;2*2-6,12H,1H3;/q;;;+3/p-3. The summed E-state index contributed by atoms with van der Waals surface area (Å²) >= 11 is -3.08. The number of para-hydroxylation sites is 2. The van der Waals surface area contributed by atoms with Gasteiger partial charge in [0.1, 0.15) is 28.3 Å². The van der Waals surface area contributed by atoms with Gasteiger partial charge in [-0.15, -0.1) is 0 Å². The van der Waals surface area contributed by atoms with E-state index in [1.807, 2.05) is 123 Å². The molecule has 43 heavy (non-hydrogen) atoms. The molecular weight excluding hydrogens is 554 g/mol. The van der Waals surface area contributed by atoms with Crippen molar-refractivity contribution in [2.45, 2.75) is 13.8 Å². The summed E-state index contributed by atoms with van der Waals surface area (Å²) in [6.07, 6.45) is 0. The molecule has 0 saturated heterocycles. The van der Waals surface area contributed by atoms with Crippen LogP contribution in [0, 0.1) is 19.7 Å². The van der Waals surface area contributed by atoms with E-state index in [0.29, 0.717) is 28.0 Å². The average Bonchev–Trinajstić information content (AvgIpc) is 3.03. The molecule has 0 radical (unpaired) electrons. The van der Waals surface area contributed by atoms with Crippen LogP contribution >= 0.6 is 0 Å². The van der Waals surface area contributed by atoms with Gasteiger partial charge in [-0.25, -0.2) is 14.4 Å². The lowest BCUT2D eigenvalue weighted by molar-refractivity contribution is 0.311. The van der Waals surface area contributed by atoms with Crippen molar-refractivity contribution in [3.8, 4) is 28.4 Å². The van der Waals surface area contributed by atoms with E-state index in [4.69, 9.17) is 21.3 Å². The molecule has 0 fully saturated rings. The van der Waals surface area contributed by atoms with Crippen LogP contribution in [0.4, 0.5) is 4.39 Å². The number of aromatic nitrogens is 2. The summed E-state index contributed by atoms with van der Waals surface area (Å²) in [5, 5.41) is 2.99. The van der Waals surface area contributed by atoms with Crippen molar-refractivity contribution in [2.75, 3.05) is 0 Å². The molecule has 2 heterocycles. The van der Waals surface area contributed by atoms with Crippen LogP contribution in [0.3, 0.4) is 0 Å². The Bertz CT molecular complexity index is 2030. The summed E-state index contributed by atoms with van der Waals surface area (Å²) in [4.78, 5) is 9.47. The van der Waals surface area contributed by atoms with E-state index < -0.39 is 15.1 Å². The maximum absolute atomic E-state index is 15.4. The first-order chi connectivity index (χ1) is 21.0. The molecular formula is C36H26AlFN2O3. The first-order valence-corrected chi connectivity index (χ1v) is 15.4. The highest BCUT2D eigenvalue weighted by Crippen LogP contribution is 2.36. The Hall–Kier alpha value is -4.96. The lowest BCUT2D eigenvalue weighted by atomic mass is 9.97. The number of aryl methyl sites for hydroxylation is 2. The number of nitrogens with zero attached hydrogens (tertiary/aromatic N) is 2. The minimum absolute atomic E-state index is 0.329. The van der Waals surface area contributed by atoms with Crippen molar-refractivity contribution < 1.29 is 15.8 Å². The molecule has 0 aliphatic heterocycles. The first kappa shape index (κ1) is 26.9. The van der Waals surface area contributed by atoms with Gasteiger partial charge in [0.15, 0.2) is 0 Å². The number of fused-ring (bicyclic) bond motifs is 3. The fraction of sp³-hybridized carbons (Fsp3) is 0.0556. The second-order valence-corrected chi connectivity index (χ2v) is 11.6. The second kappa shape index (κ2) is 11.4. The number of halogens is 1. The molecule has 0 aliphatic carbocycles. The lowest BCUT2D eigenvalue weighted by Crippen LogP contribution is -2.37. The number of pyridine rings is 2. The van der Waals surface area contributed by atoms with Gasteiger partial charge < -0.3 is 11.4 Å². The first-order valence-electron chi connectivity index (χ1n) is 14.0. The van der Waals surface area contributed by atoms with E-state index in [9.17, 15) is 0 Å². The molecule has 2 aromatic heterocycles. The van der Waals surface area contributed by atoms with E-state index in [0.717, 1.165) is 44.3 Å². The summed E-state index contributed by atoms with van der Waals surface area (Å²) < 4.78 is 35.2.